The summed E-state index contributed by atoms with van der Waals surface area (Å²) in [4.78, 5) is 21.2. The minimum atomic E-state index is -0.0657. The lowest BCUT2D eigenvalue weighted by atomic mass is 10.1. The first-order valence-electron chi connectivity index (χ1n) is 8.75. The van der Waals surface area contributed by atoms with E-state index in [9.17, 15) is 4.79 Å². The number of aromatic nitrogens is 3. The number of thiophene rings is 1. The molecule has 1 saturated heterocycles. The zero-order valence-electron chi connectivity index (χ0n) is 14.9. The smallest absolute Gasteiger partial charge is 0.321 e. The zero-order valence-corrected chi connectivity index (χ0v) is 15.7. The van der Waals surface area contributed by atoms with Crippen LogP contribution in [0.4, 0.5) is 10.5 Å². The molecule has 1 aliphatic heterocycles. The molecule has 1 fully saturated rings. The lowest BCUT2D eigenvalue weighted by Crippen LogP contribution is -2.50. The second kappa shape index (κ2) is 7.05. The van der Waals surface area contributed by atoms with Crippen LogP contribution in [0.3, 0.4) is 0 Å². The van der Waals surface area contributed by atoms with Crippen molar-refractivity contribution in [1.82, 2.24) is 24.4 Å². The lowest BCUT2D eigenvalue weighted by molar-refractivity contribution is 0.119. The van der Waals surface area contributed by atoms with Gasteiger partial charge in [-0.1, -0.05) is 0 Å². The zero-order chi connectivity index (χ0) is 18.1. The fourth-order valence-corrected chi connectivity index (χ4v) is 4.05. The summed E-state index contributed by atoms with van der Waals surface area (Å²) in [5, 5.41) is 11.6. The second-order valence-electron chi connectivity index (χ2n) is 6.57. The topological polar surface area (TPSA) is 65.8 Å². The fourth-order valence-electron chi connectivity index (χ4n) is 3.31. The minimum Gasteiger partial charge on any atom is -0.322 e. The standard InChI is InChI=1S/C18H22N6OS/c1-13(15-5-10-26-12-15)22-6-8-23(9-7-22)18(25)20-16-3-4-17-19-14(2)21-24(17)11-16/h3-5,10-13H,6-9H2,1-2H3,(H,20,25). The third-order valence-electron chi connectivity index (χ3n) is 4.86. The first kappa shape index (κ1) is 17.0. The molecule has 1 aliphatic rings. The van der Waals surface area contributed by atoms with Gasteiger partial charge in [-0.2, -0.15) is 16.4 Å². The molecular weight excluding hydrogens is 348 g/mol. The molecule has 7 nitrogen and oxygen atoms in total. The minimum absolute atomic E-state index is 0.0657. The van der Waals surface area contributed by atoms with Crippen molar-refractivity contribution in [3.8, 4) is 0 Å². The number of nitrogens with one attached hydrogen (secondary N) is 1. The number of nitrogens with zero attached hydrogens (tertiary/aromatic N) is 5. The number of amides is 2. The van der Waals surface area contributed by atoms with Crippen molar-refractivity contribution < 1.29 is 4.79 Å². The van der Waals surface area contributed by atoms with Crippen LogP contribution in [0.15, 0.2) is 35.2 Å². The van der Waals surface area contributed by atoms with Gasteiger partial charge in [0.05, 0.1) is 11.9 Å². The Hall–Kier alpha value is -2.45. The maximum atomic E-state index is 12.6. The summed E-state index contributed by atoms with van der Waals surface area (Å²) in [6, 6.07) is 6.22. The lowest BCUT2D eigenvalue weighted by Gasteiger charge is -2.37. The van der Waals surface area contributed by atoms with E-state index in [1.807, 2.05) is 24.0 Å². The summed E-state index contributed by atoms with van der Waals surface area (Å²) in [6.07, 6.45) is 1.79. The Morgan fingerprint density at radius 1 is 1.23 bits per heavy atom. The van der Waals surface area contributed by atoms with Gasteiger partial charge in [0.25, 0.3) is 0 Å². The predicted molar refractivity (Wildman–Crippen MR) is 103 cm³/mol. The molecule has 3 aromatic rings. The quantitative estimate of drug-likeness (QED) is 0.770. The van der Waals surface area contributed by atoms with Crippen LogP contribution in [0.2, 0.25) is 0 Å². The average Bonchev–Trinajstić information content (AvgIpc) is 3.29. The molecule has 0 aliphatic carbocycles. The van der Waals surface area contributed by atoms with Crippen molar-refractivity contribution in [3.63, 3.8) is 0 Å². The van der Waals surface area contributed by atoms with Crippen LogP contribution in [0, 0.1) is 6.92 Å². The molecule has 26 heavy (non-hydrogen) atoms. The number of pyridine rings is 1. The van der Waals surface area contributed by atoms with Gasteiger partial charge in [-0.25, -0.2) is 14.3 Å². The number of rotatable bonds is 3. The molecule has 0 spiro atoms. The van der Waals surface area contributed by atoms with E-state index in [1.54, 1.807) is 22.0 Å². The number of fused-ring (bicyclic) bond motifs is 1. The molecule has 1 unspecified atom stereocenters. The SMILES string of the molecule is Cc1nc2ccc(NC(=O)N3CCN(C(C)c4ccsc4)CC3)cn2n1. The van der Waals surface area contributed by atoms with Crippen LogP contribution in [0.25, 0.3) is 5.65 Å². The molecule has 3 aromatic heterocycles. The van der Waals surface area contributed by atoms with E-state index in [4.69, 9.17) is 0 Å². The molecule has 1 N–H and O–H groups in total. The Morgan fingerprint density at radius 2 is 2.04 bits per heavy atom. The van der Waals surface area contributed by atoms with Crippen LogP contribution in [-0.4, -0.2) is 56.6 Å². The van der Waals surface area contributed by atoms with E-state index in [0.29, 0.717) is 11.9 Å². The number of aryl methyl sites for hydroxylation is 1. The van der Waals surface area contributed by atoms with Gasteiger partial charge in [0.2, 0.25) is 0 Å². The Labute approximate surface area is 156 Å². The number of carbonyl (C=O) groups is 1. The van der Waals surface area contributed by atoms with Gasteiger partial charge < -0.3 is 10.2 Å². The molecule has 0 saturated carbocycles. The number of hydrogen-bond acceptors (Lipinski definition) is 5. The fraction of sp³-hybridized carbons (Fsp3) is 0.389. The largest absolute Gasteiger partial charge is 0.322 e. The summed E-state index contributed by atoms with van der Waals surface area (Å²) in [6.45, 7) is 7.29. The Kier molecular flexibility index (Phi) is 4.60. The van der Waals surface area contributed by atoms with Crippen molar-refractivity contribution in [2.45, 2.75) is 19.9 Å². The molecule has 0 bridgehead atoms. The van der Waals surface area contributed by atoms with Gasteiger partial charge in [-0.05, 0) is 48.4 Å². The van der Waals surface area contributed by atoms with Crippen LogP contribution < -0.4 is 5.32 Å². The molecule has 2 amide bonds. The molecule has 4 rings (SSSR count). The highest BCUT2D eigenvalue weighted by atomic mass is 32.1. The Balaban J connectivity index is 1.35. The van der Waals surface area contributed by atoms with E-state index in [0.717, 1.165) is 37.5 Å². The number of hydrogen-bond donors (Lipinski definition) is 1. The van der Waals surface area contributed by atoms with Gasteiger partial charge >= 0.3 is 6.03 Å². The molecule has 4 heterocycles. The summed E-state index contributed by atoms with van der Waals surface area (Å²) in [7, 11) is 0. The maximum Gasteiger partial charge on any atom is 0.321 e. The van der Waals surface area contributed by atoms with Crippen LogP contribution >= 0.6 is 11.3 Å². The number of urea groups is 1. The third kappa shape index (κ3) is 3.42. The van der Waals surface area contributed by atoms with E-state index in [-0.39, 0.29) is 6.03 Å². The second-order valence-corrected chi connectivity index (χ2v) is 7.35. The molecule has 0 aromatic carbocycles. The van der Waals surface area contributed by atoms with E-state index < -0.39 is 0 Å². The third-order valence-corrected chi connectivity index (χ3v) is 5.56. The highest BCUT2D eigenvalue weighted by Gasteiger charge is 2.25. The molecule has 1 atom stereocenters. The maximum absolute atomic E-state index is 12.6. The van der Waals surface area contributed by atoms with Crippen molar-refractivity contribution in [2.24, 2.45) is 0 Å². The van der Waals surface area contributed by atoms with Crippen LogP contribution in [0.5, 0.6) is 0 Å². The Morgan fingerprint density at radius 3 is 2.77 bits per heavy atom. The van der Waals surface area contributed by atoms with Crippen molar-refractivity contribution in [2.75, 3.05) is 31.5 Å². The highest BCUT2D eigenvalue weighted by molar-refractivity contribution is 7.07. The van der Waals surface area contributed by atoms with Gasteiger partial charge in [0.15, 0.2) is 5.65 Å². The number of anilines is 1. The monoisotopic (exact) mass is 370 g/mol. The summed E-state index contributed by atoms with van der Waals surface area (Å²) in [5.74, 6) is 0.712. The number of piperazine rings is 1. The molecule has 136 valence electrons. The first-order valence-corrected chi connectivity index (χ1v) is 9.69. The van der Waals surface area contributed by atoms with Gasteiger partial charge in [-0.3, -0.25) is 4.90 Å². The van der Waals surface area contributed by atoms with Gasteiger partial charge in [-0.15, -0.1) is 0 Å². The van der Waals surface area contributed by atoms with Crippen molar-refractivity contribution in [1.29, 1.82) is 0 Å². The van der Waals surface area contributed by atoms with Crippen molar-refractivity contribution in [3.05, 3.63) is 46.5 Å². The molecule has 0 radical (unpaired) electrons. The van der Waals surface area contributed by atoms with E-state index >= 15 is 0 Å². The molecular formula is C18H22N6OS. The summed E-state index contributed by atoms with van der Waals surface area (Å²) < 4.78 is 1.69. The highest BCUT2D eigenvalue weighted by Crippen LogP contribution is 2.23. The summed E-state index contributed by atoms with van der Waals surface area (Å²) >= 11 is 1.73. The predicted octanol–water partition coefficient (Wildman–Crippen LogP) is 3.01. The van der Waals surface area contributed by atoms with Gasteiger partial charge in [0, 0.05) is 32.2 Å². The van der Waals surface area contributed by atoms with E-state index in [2.05, 4.69) is 44.0 Å². The van der Waals surface area contributed by atoms with E-state index in [1.165, 1.54) is 5.56 Å². The molecule has 8 heteroatoms. The normalized spacial score (nSPS) is 16.8. The summed E-state index contributed by atoms with van der Waals surface area (Å²) in [5.41, 5.74) is 2.85. The number of carbonyl (C=O) groups excluding carboxylic acids is 1. The average molecular weight is 370 g/mol. The van der Waals surface area contributed by atoms with Crippen LogP contribution in [0.1, 0.15) is 24.4 Å². The van der Waals surface area contributed by atoms with Crippen LogP contribution in [-0.2, 0) is 0 Å². The first-order chi connectivity index (χ1) is 12.6. The van der Waals surface area contributed by atoms with Gasteiger partial charge in [0.1, 0.15) is 5.82 Å². The van der Waals surface area contributed by atoms with Crippen molar-refractivity contribution >= 4 is 28.7 Å². The Bertz CT molecular complexity index is 898.